The predicted octanol–water partition coefficient (Wildman–Crippen LogP) is 1.04. The van der Waals surface area contributed by atoms with Gasteiger partial charge < -0.3 is 15.7 Å². The van der Waals surface area contributed by atoms with Crippen molar-refractivity contribution in [3.05, 3.63) is 22.8 Å². The SMILES string of the molecule is CC(C)N(CCO)c1ncc(C(N)=O)cc1Cl. The molecule has 0 unspecified atom stereocenters. The minimum atomic E-state index is -0.566. The molecular weight excluding hydrogens is 242 g/mol. The van der Waals surface area contributed by atoms with Crippen LogP contribution in [0.5, 0.6) is 0 Å². The second-order valence-corrected chi connectivity index (χ2v) is 4.31. The molecule has 5 nitrogen and oxygen atoms in total. The molecule has 0 aliphatic heterocycles. The number of hydrogen-bond donors (Lipinski definition) is 2. The van der Waals surface area contributed by atoms with Gasteiger partial charge in [0.1, 0.15) is 5.82 Å². The molecule has 94 valence electrons. The van der Waals surface area contributed by atoms with Crippen molar-refractivity contribution in [3.63, 3.8) is 0 Å². The van der Waals surface area contributed by atoms with Crippen molar-refractivity contribution in [1.82, 2.24) is 4.98 Å². The zero-order chi connectivity index (χ0) is 13.0. The Labute approximate surface area is 105 Å². The summed E-state index contributed by atoms with van der Waals surface area (Å²) < 4.78 is 0. The summed E-state index contributed by atoms with van der Waals surface area (Å²) in [6.07, 6.45) is 1.39. The second kappa shape index (κ2) is 5.84. The Hall–Kier alpha value is -1.33. The number of aliphatic hydroxyl groups is 1. The third kappa shape index (κ3) is 3.31. The van der Waals surface area contributed by atoms with Crippen molar-refractivity contribution in [2.45, 2.75) is 19.9 Å². The standard InChI is InChI=1S/C11H16ClN3O2/c1-7(2)15(3-4-16)11-9(12)5-8(6-14-11)10(13)17/h5-7,16H,3-4H2,1-2H3,(H2,13,17). The number of nitrogens with zero attached hydrogens (tertiary/aromatic N) is 2. The average molecular weight is 258 g/mol. The number of rotatable bonds is 5. The highest BCUT2D eigenvalue weighted by Crippen LogP contribution is 2.25. The fourth-order valence-electron chi connectivity index (χ4n) is 1.49. The Balaban J connectivity index is 3.08. The van der Waals surface area contributed by atoms with E-state index in [0.29, 0.717) is 17.4 Å². The third-order valence-corrected chi connectivity index (χ3v) is 2.62. The Morgan fingerprint density at radius 2 is 2.29 bits per heavy atom. The lowest BCUT2D eigenvalue weighted by atomic mass is 10.2. The number of amides is 1. The Morgan fingerprint density at radius 1 is 1.65 bits per heavy atom. The normalized spacial score (nSPS) is 10.6. The number of pyridine rings is 1. The van der Waals surface area contributed by atoms with Crippen LogP contribution in [0.4, 0.5) is 5.82 Å². The zero-order valence-electron chi connectivity index (χ0n) is 9.85. The molecule has 6 heteroatoms. The van der Waals surface area contributed by atoms with E-state index >= 15 is 0 Å². The van der Waals surface area contributed by atoms with Crippen LogP contribution in [-0.2, 0) is 0 Å². The Kier molecular flexibility index (Phi) is 4.72. The van der Waals surface area contributed by atoms with Crippen molar-refractivity contribution in [2.75, 3.05) is 18.1 Å². The fraction of sp³-hybridized carbons (Fsp3) is 0.455. The van der Waals surface area contributed by atoms with Gasteiger partial charge in [0.2, 0.25) is 5.91 Å². The third-order valence-electron chi connectivity index (χ3n) is 2.34. The fourth-order valence-corrected chi connectivity index (χ4v) is 1.77. The Morgan fingerprint density at radius 3 is 2.71 bits per heavy atom. The first-order valence-corrected chi connectivity index (χ1v) is 5.68. The number of halogens is 1. The highest BCUT2D eigenvalue weighted by Gasteiger charge is 2.16. The number of carbonyl (C=O) groups is 1. The lowest BCUT2D eigenvalue weighted by Gasteiger charge is -2.27. The summed E-state index contributed by atoms with van der Waals surface area (Å²) in [5.74, 6) is -0.0232. The summed E-state index contributed by atoms with van der Waals surface area (Å²) in [5, 5.41) is 9.34. The van der Waals surface area contributed by atoms with E-state index in [0.717, 1.165) is 0 Å². The highest BCUT2D eigenvalue weighted by molar-refractivity contribution is 6.33. The smallest absolute Gasteiger partial charge is 0.250 e. The number of aliphatic hydroxyl groups excluding tert-OH is 1. The molecule has 1 amide bonds. The van der Waals surface area contributed by atoms with Crippen LogP contribution in [0.2, 0.25) is 5.02 Å². The molecular formula is C11H16ClN3O2. The first-order chi connectivity index (χ1) is 7.97. The van der Waals surface area contributed by atoms with Crippen LogP contribution >= 0.6 is 11.6 Å². The summed E-state index contributed by atoms with van der Waals surface area (Å²) in [7, 11) is 0. The molecule has 0 saturated heterocycles. The van der Waals surface area contributed by atoms with Gasteiger partial charge in [-0.05, 0) is 19.9 Å². The van der Waals surface area contributed by atoms with Crippen LogP contribution in [0.25, 0.3) is 0 Å². The first kappa shape index (κ1) is 13.7. The van der Waals surface area contributed by atoms with Crippen LogP contribution < -0.4 is 10.6 Å². The molecule has 1 aromatic heterocycles. The van der Waals surface area contributed by atoms with Crippen LogP contribution in [0.15, 0.2) is 12.3 Å². The van der Waals surface area contributed by atoms with Crippen molar-refractivity contribution >= 4 is 23.3 Å². The van der Waals surface area contributed by atoms with Crippen LogP contribution in [0.1, 0.15) is 24.2 Å². The van der Waals surface area contributed by atoms with Crippen molar-refractivity contribution < 1.29 is 9.90 Å². The number of nitrogens with two attached hydrogens (primary N) is 1. The molecule has 1 heterocycles. The molecule has 0 aliphatic rings. The van der Waals surface area contributed by atoms with E-state index in [2.05, 4.69) is 4.98 Å². The zero-order valence-corrected chi connectivity index (χ0v) is 10.6. The highest BCUT2D eigenvalue weighted by atomic mass is 35.5. The van der Waals surface area contributed by atoms with Gasteiger partial charge in [-0.25, -0.2) is 4.98 Å². The van der Waals surface area contributed by atoms with Gasteiger partial charge in [-0.3, -0.25) is 4.79 Å². The number of hydrogen-bond acceptors (Lipinski definition) is 4. The van der Waals surface area contributed by atoms with Crippen LogP contribution in [0.3, 0.4) is 0 Å². The largest absolute Gasteiger partial charge is 0.395 e. The molecule has 0 radical (unpaired) electrons. The minimum Gasteiger partial charge on any atom is -0.395 e. The molecule has 1 rings (SSSR count). The average Bonchev–Trinajstić information content (AvgIpc) is 2.26. The quantitative estimate of drug-likeness (QED) is 0.826. The first-order valence-electron chi connectivity index (χ1n) is 5.30. The van der Waals surface area contributed by atoms with E-state index in [9.17, 15) is 4.79 Å². The predicted molar refractivity (Wildman–Crippen MR) is 67.3 cm³/mol. The maximum atomic E-state index is 11.0. The Bertz CT molecular complexity index is 410. The van der Waals surface area contributed by atoms with Gasteiger partial charge in [-0.2, -0.15) is 0 Å². The van der Waals surface area contributed by atoms with Gasteiger partial charge in [-0.1, -0.05) is 11.6 Å². The number of anilines is 1. The van der Waals surface area contributed by atoms with Crippen LogP contribution in [-0.4, -0.2) is 35.2 Å². The van der Waals surface area contributed by atoms with Gasteiger partial charge in [0, 0.05) is 18.8 Å². The van der Waals surface area contributed by atoms with Crippen molar-refractivity contribution in [2.24, 2.45) is 5.73 Å². The molecule has 1 aromatic rings. The van der Waals surface area contributed by atoms with Gasteiger partial charge in [0.05, 0.1) is 17.2 Å². The van der Waals surface area contributed by atoms with E-state index < -0.39 is 5.91 Å². The molecule has 0 fully saturated rings. The summed E-state index contributed by atoms with van der Waals surface area (Å²) >= 11 is 6.05. The summed E-state index contributed by atoms with van der Waals surface area (Å²) in [6.45, 7) is 4.37. The van der Waals surface area contributed by atoms with Crippen molar-refractivity contribution in [1.29, 1.82) is 0 Å². The van der Waals surface area contributed by atoms with E-state index in [1.807, 2.05) is 18.7 Å². The maximum Gasteiger partial charge on any atom is 0.250 e. The molecule has 0 atom stereocenters. The van der Waals surface area contributed by atoms with E-state index in [-0.39, 0.29) is 18.2 Å². The lowest BCUT2D eigenvalue weighted by molar-refractivity contribution is 0.1000. The van der Waals surface area contributed by atoms with Gasteiger partial charge >= 0.3 is 0 Å². The van der Waals surface area contributed by atoms with Gasteiger partial charge in [-0.15, -0.1) is 0 Å². The molecule has 0 aromatic carbocycles. The number of primary amides is 1. The summed E-state index contributed by atoms with van der Waals surface area (Å²) in [5.41, 5.74) is 5.41. The lowest BCUT2D eigenvalue weighted by Crippen LogP contribution is -2.34. The molecule has 0 aliphatic carbocycles. The maximum absolute atomic E-state index is 11.0. The molecule has 17 heavy (non-hydrogen) atoms. The number of carbonyl (C=O) groups excluding carboxylic acids is 1. The topological polar surface area (TPSA) is 79.4 Å². The van der Waals surface area contributed by atoms with Crippen molar-refractivity contribution in [3.8, 4) is 0 Å². The van der Waals surface area contributed by atoms with E-state index in [1.54, 1.807) is 0 Å². The molecule has 0 saturated carbocycles. The van der Waals surface area contributed by atoms with Crippen LogP contribution in [0, 0.1) is 0 Å². The number of aromatic nitrogens is 1. The molecule has 3 N–H and O–H groups in total. The summed E-state index contributed by atoms with van der Waals surface area (Å²) in [6, 6.07) is 1.63. The molecule has 0 spiro atoms. The van der Waals surface area contributed by atoms with E-state index in [1.165, 1.54) is 12.3 Å². The monoisotopic (exact) mass is 257 g/mol. The van der Waals surface area contributed by atoms with Gasteiger partial charge in [0.15, 0.2) is 0 Å². The minimum absolute atomic E-state index is 0.00770. The second-order valence-electron chi connectivity index (χ2n) is 3.90. The van der Waals surface area contributed by atoms with Gasteiger partial charge in [0.25, 0.3) is 0 Å². The van der Waals surface area contributed by atoms with E-state index in [4.69, 9.17) is 22.4 Å². The molecule has 0 bridgehead atoms. The summed E-state index contributed by atoms with van der Waals surface area (Å²) in [4.78, 5) is 16.9.